The van der Waals surface area contributed by atoms with E-state index in [-0.39, 0.29) is 19.4 Å². The first-order valence-electron chi connectivity index (χ1n) is 20.6. The zero-order chi connectivity index (χ0) is 39.1. The summed E-state index contributed by atoms with van der Waals surface area (Å²) < 4.78 is 32.6. The van der Waals surface area contributed by atoms with Gasteiger partial charge in [-0.3, -0.25) is 18.6 Å². The number of esters is 2. The summed E-state index contributed by atoms with van der Waals surface area (Å²) in [7, 11) is -4.62. The summed E-state index contributed by atoms with van der Waals surface area (Å²) in [6.07, 6.45) is 39.3. The Hall–Kier alpha value is -2.07. The molecule has 53 heavy (non-hydrogen) atoms. The Morgan fingerprint density at radius 2 is 0.981 bits per heavy atom. The van der Waals surface area contributed by atoms with Crippen LogP contribution in [0.5, 0.6) is 0 Å². The standard InChI is InChI=1S/C42H75O10P/c1-3-5-7-9-11-13-15-17-18-19-20-22-23-25-27-29-31-33-41(45)49-37-40(38-51-53(47,48)50-36-39(44)35-43)52-42(46)34-32-30-28-26-24-21-16-14-12-10-8-6-4-2/h11,13-14,16-18,20,22,39-40,43-44H,3-10,12,15,19,21,23-38H2,1-2H3,(H,47,48)/b13-11-,16-14-,18-17-,22-20-/t39-,40+/m0/s1. The second-order valence-corrected chi connectivity index (χ2v) is 15.1. The molecule has 308 valence electrons. The second kappa shape index (κ2) is 38.2. The van der Waals surface area contributed by atoms with Crippen LogP contribution in [-0.4, -0.2) is 65.7 Å². The summed E-state index contributed by atoms with van der Waals surface area (Å²) in [5, 5.41) is 18.3. The number of ether oxygens (including phenoxy) is 2. The fraction of sp³-hybridized carbons (Fsp3) is 0.762. The molecule has 0 aromatic heterocycles. The van der Waals surface area contributed by atoms with Gasteiger partial charge in [0.05, 0.1) is 19.8 Å². The molecule has 0 bridgehead atoms. The Labute approximate surface area is 322 Å². The van der Waals surface area contributed by atoms with Gasteiger partial charge in [-0.2, -0.15) is 0 Å². The number of unbranched alkanes of at least 4 members (excludes halogenated alkanes) is 16. The Morgan fingerprint density at radius 1 is 0.566 bits per heavy atom. The van der Waals surface area contributed by atoms with Gasteiger partial charge in [-0.1, -0.05) is 127 Å². The van der Waals surface area contributed by atoms with Crippen molar-refractivity contribution in [3.63, 3.8) is 0 Å². The molecule has 0 amide bonds. The predicted molar refractivity (Wildman–Crippen MR) is 214 cm³/mol. The molecule has 0 aliphatic rings. The third-order valence-electron chi connectivity index (χ3n) is 8.46. The number of carbonyl (C=O) groups is 2. The van der Waals surface area contributed by atoms with Gasteiger partial charge in [-0.05, 0) is 77.0 Å². The molecule has 0 spiro atoms. The molecule has 0 radical (unpaired) electrons. The van der Waals surface area contributed by atoms with Crippen molar-refractivity contribution in [2.45, 2.75) is 180 Å². The van der Waals surface area contributed by atoms with Crippen LogP contribution in [0.1, 0.15) is 168 Å². The molecule has 3 N–H and O–H groups in total. The fourth-order valence-corrected chi connectivity index (χ4v) is 6.02. The van der Waals surface area contributed by atoms with Crippen LogP contribution in [0, 0.1) is 0 Å². The molecule has 0 aliphatic heterocycles. The van der Waals surface area contributed by atoms with Crippen LogP contribution in [0.3, 0.4) is 0 Å². The van der Waals surface area contributed by atoms with Gasteiger partial charge in [-0.25, -0.2) is 4.57 Å². The van der Waals surface area contributed by atoms with E-state index in [0.29, 0.717) is 12.8 Å². The van der Waals surface area contributed by atoms with Gasteiger partial charge < -0.3 is 24.6 Å². The highest BCUT2D eigenvalue weighted by molar-refractivity contribution is 7.47. The summed E-state index contributed by atoms with van der Waals surface area (Å²) in [4.78, 5) is 34.9. The second-order valence-electron chi connectivity index (χ2n) is 13.7. The average molecular weight is 771 g/mol. The van der Waals surface area contributed by atoms with E-state index in [1.807, 2.05) is 0 Å². The van der Waals surface area contributed by atoms with Crippen molar-refractivity contribution in [2.75, 3.05) is 26.4 Å². The quantitative estimate of drug-likeness (QED) is 0.0240. The molecule has 10 nitrogen and oxygen atoms in total. The van der Waals surface area contributed by atoms with E-state index in [2.05, 4.69) is 67.0 Å². The van der Waals surface area contributed by atoms with E-state index in [1.54, 1.807) is 0 Å². The first-order chi connectivity index (χ1) is 25.7. The zero-order valence-electron chi connectivity index (χ0n) is 33.2. The summed E-state index contributed by atoms with van der Waals surface area (Å²) >= 11 is 0. The lowest BCUT2D eigenvalue weighted by molar-refractivity contribution is -0.161. The minimum atomic E-state index is -4.62. The van der Waals surface area contributed by atoms with Gasteiger partial charge in [0.2, 0.25) is 0 Å². The number of phosphoric acid groups is 1. The molecule has 0 aromatic carbocycles. The van der Waals surface area contributed by atoms with Crippen molar-refractivity contribution in [1.29, 1.82) is 0 Å². The minimum Gasteiger partial charge on any atom is -0.462 e. The van der Waals surface area contributed by atoms with E-state index >= 15 is 0 Å². The maximum Gasteiger partial charge on any atom is 0.472 e. The number of aliphatic hydroxyl groups excluding tert-OH is 2. The Kier molecular flexibility index (Phi) is 36.7. The number of allylic oxidation sites excluding steroid dienone is 8. The van der Waals surface area contributed by atoms with Gasteiger partial charge in [0.1, 0.15) is 12.7 Å². The Bertz CT molecular complexity index is 1030. The van der Waals surface area contributed by atoms with E-state index in [1.165, 1.54) is 51.4 Å². The monoisotopic (exact) mass is 771 g/mol. The van der Waals surface area contributed by atoms with Gasteiger partial charge >= 0.3 is 19.8 Å². The maximum atomic E-state index is 12.6. The smallest absolute Gasteiger partial charge is 0.462 e. The molecule has 11 heteroatoms. The highest BCUT2D eigenvalue weighted by Crippen LogP contribution is 2.43. The molecule has 0 saturated heterocycles. The summed E-state index contributed by atoms with van der Waals surface area (Å²) in [6, 6.07) is 0. The van der Waals surface area contributed by atoms with Crippen molar-refractivity contribution in [3.8, 4) is 0 Å². The third-order valence-corrected chi connectivity index (χ3v) is 9.41. The van der Waals surface area contributed by atoms with Crippen molar-refractivity contribution >= 4 is 19.8 Å². The molecule has 0 rings (SSSR count). The lowest BCUT2D eigenvalue weighted by Crippen LogP contribution is -2.29. The van der Waals surface area contributed by atoms with Gasteiger partial charge in [-0.15, -0.1) is 0 Å². The number of aliphatic hydroxyl groups is 2. The molecular weight excluding hydrogens is 695 g/mol. The van der Waals surface area contributed by atoms with E-state index in [9.17, 15) is 24.2 Å². The van der Waals surface area contributed by atoms with Crippen LogP contribution < -0.4 is 0 Å². The molecule has 0 aromatic rings. The van der Waals surface area contributed by atoms with Crippen LogP contribution in [0.4, 0.5) is 0 Å². The number of carbonyl (C=O) groups excluding carboxylic acids is 2. The largest absolute Gasteiger partial charge is 0.472 e. The number of rotatable bonds is 38. The van der Waals surface area contributed by atoms with Gasteiger partial charge in [0.15, 0.2) is 6.10 Å². The molecule has 1 unspecified atom stereocenters. The summed E-state index contributed by atoms with van der Waals surface area (Å²) in [6.45, 7) is 2.29. The molecule has 3 atom stereocenters. The van der Waals surface area contributed by atoms with Crippen LogP contribution >= 0.6 is 7.82 Å². The van der Waals surface area contributed by atoms with Crippen molar-refractivity contribution in [3.05, 3.63) is 48.6 Å². The van der Waals surface area contributed by atoms with Crippen molar-refractivity contribution in [1.82, 2.24) is 0 Å². The number of hydrogen-bond acceptors (Lipinski definition) is 9. The molecule has 0 fully saturated rings. The fourth-order valence-electron chi connectivity index (χ4n) is 5.23. The maximum absolute atomic E-state index is 12.6. The first kappa shape index (κ1) is 50.9. The predicted octanol–water partition coefficient (Wildman–Crippen LogP) is 10.6. The Morgan fingerprint density at radius 3 is 1.53 bits per heavy atom. The molecule has 0 saturated carbocycles. The lowest BCUT2D eigenvalue weighted by Gasteiger charge is -2.20. The summed E-state index contributed by atoms with van der Waals surface area (Å²) in [5.41, 5.74) is 0. The summed E-state index contributed by atoms with van der Waals surface area (Å²) in [5.74, 6) is -0.963. The topological polar surface area (TPSA) is 149 Å². The van der Waals surface area contributed by atoms with Gasteiger partial charge in [0, 0.05) is 12.8 Å². The SMILES string of the molecule is CCCCC/C=C\C/C=C\C/C=C\CCCCCCC(=O)OC[C@H](COP(=O)(O)OC[C@@H](O)CO)OC(=O)CCCCCCC/C=C\CCCCCC. The minimum absolute atomic E-state index is 0.167. The average Bonchev–Trinajstić information content (AvgIpc) is 3.14. The third kappa shape index (κ3) is 38.0. The van der Waals surface area contributed by atoms with E-state index < -0.39 is 51.8 Å². The lowest BCUT2D eigenvalue weighted by atomic mass is 10.1. The van der Waals surface area contributed by atoms with Crippen LogP contribution in [0.2, 0.25) is 0 Å². The molecule has 0 aliphatic carbocycles. The van der Waals surface area contributed by atoms with E-state index in [0.717, 1.165) is 77.0 Å². The number of hydrogen-bond donors (Lipinski definition) is 3. The van der Waals surface area contributed by atoms with Crippen LogP contribution in [0.15, 0.2) is 48.6 Å². The highest BCUT2D eigenvalue weighted by atomic mass is 31.2. The zero-order valence-corrected chi connectivity index (χ0v) is 34.1. The van der Waals surface area contributed by atoms with Crippen LogP contribution in [0.25, 0.3) is 0 Å². The first-order valence-corrected chi connectivity index (χ1v) is 22.1. The highest BCUT2D eigenvalue weighted by Gasteiger charge is 2.27. The van der Waals surface area contributed by atoms with Crippen molar-refractivity contribution < 1.29 is 47.8 Å². The Balaban J connectivity index is 4.38. The van der Waals surface area contributed by atoms with Crippen molar-refractivity contribution in [2.24, 2.45) is 0 Å². The number of phosphoric ester groups is 1. The van der Waals surface area contributed by atoms with Gasteiger partial charge in [0.25, 0.3) is 0 Å². The van der Waals surface area contributed by atoms with Crippen LogP contribution in [-0.2, 0) is 32.7 Å². The van der Waals surface area contributed by atoms with E-state index in [4.69, 9.17) is 19.1 Å². The molecular formula is C42H75O10P. The normalized spacial score (nSPS) is 14.4. The molecule has 0 heterocycles.